The summed E-state index contributed by atoms with van der Waals surface area (Å²) in [5.41, 5.74) is 2.62. The molecule has 0 aromatic carbocycles. The first-order chi connectivity index (χ1) is 12.4. The van der Waals surface area contributed by atoms with E-state index in [1.165, 1.54) is 11.8 Å². The maximum Gasteiger partial charge on any atom is 0.257 e. The first kappa shape index (κ1) is 17.0. The van der Waals surface area contributed by atoms with Gasteiger partial charge in [0.05, 0.1) is 5.56 Å². The summed E-state index contributed by atoms with van der Waals surface area (Å²) in [4.78, 5) is 37.3. The molecule has 1 aliphatic heterocycles. The van der Waals surface area contributed by atoms with Gasteiger partial charge >= 0.3 is 0 Å². The van der Waals surface area contributed by atoms with Crippen molar-refractivity contribution in [2.45, 2.75) is 37.8 Å². The number of aromatic nitrogens is 3. The number of Topliss-reactive ketones (excluding diaryl/α,β-unsaturated/α-hetero) is 1. The van der Waals surface area contributed by atoms with Gasteiger partial charge < -0.3 is 10.3 Å². The summed E-state index contributed by atoms with van der Waals surface area (Å²) in [5, 5.41) is 3.85. The van der Waals surface area contributed by atoms with Crippen LogP contribution in [0.1, 0.15) is 43.7 Å². The second-order valence-electron chi connectivity index (χ2n) is 7.51. The molecule has 0 saturated heterocycles. The average molecular weight is 368 g/mol. The monoisotopic (exact) mass is 368 g/mol. The van der Waals surface area contributed by atoms with Crippen LogP contribution in [0.25, 0.3) is 0 Å². The van der Waals surface area contributed by atoms with Crippen molar-refractivity contribution in [2.75, 3.05) is 11.6 Å². The number of rotatable bonds is 2. The maximum absolute atomic E-state index is 13.0. The van der Waals surface area contributed by atoms with Crippen LogP contribution in [0.4, 0.5) is 5.82 Å². The number of nitrogens with one attached hydrogen (secondary N) is 2. The number of hydrogen-bond donors (Lipinski definition) is 2. The predicted molar refractivity (Wildman–Crippen MR) is 101 cm³/mol. The molecule has 0 spiro atoms. The minimum atomic E-state index is -0.417. The molecule has 2 N–H and O–H groups in total. The summed E-state index contributed by atoms with van der Waals surface area (Å²) in [6.07, 6.45) is 6.46. The zero-order valence-corrected chi connectivity index (χ0v) is 15.7. The lowest BCUT2D eigenvalue weighted by Gasteiger charge is -2.38. The Morgan fingerprint density at radius 3 is 2.62 bits per heavy atom. The Bertz CT molecular complexity index is 979. The number of nitrogens with zero attached hydrogens (tertiary/aromatic N) is 2. The zero-order valence-electron chi connectivity index (χ0n) is 14.9. The minimum absolute atomic E-state index is 0.0876. The van der Waals surface area contributed by atoms with E-state index >= 15 is 0 Å². The minimum Gasteiger partial charge on any atom is -0.343 e. The average Bonchev–Trinajstić information content (AvgIpc) is 2.59. The Labute approximate surface area is 155 Å². The molecule has 6 nitrogen and oxygen atoms in total. The predicted octanol–water partition coefficient (Wildman–Crippen LogP) is 3.09. The molecule has 0 unspecified atom stereocenters. The first-order valence-electron chi connectivity index (χ1n) is 8.51. The van der Waals surface area contributed by atoms with Crippen LogP contribution in [-0.2, 0) is 4.79 Å². The quantitative estimate of drug-likeness (QED) is 0.626. The summed E-state index contributed by atoms with van der Waals surface area (Å²) in [6, 6.07) is 3.72. The van der Waals surface area contributed by atoms with Crippen LogP contribution in [-0.4, -0.2) is 27.0 Å². The number of hydrogen-bond acceptors (Lipinski definition) is 6. The molecule has 0 amide bonds. The number of aromatic amines is 1. The summed E-state index contributed by atoms with van der Waals surface area (Å²) in [7, 11) is 0. The number of pyridine rings is 1. The molecule has 0 radical (unpaired) electrons. The molecule has 0 fully saturated rings. The van der Waals surface area contributed by atoms with E-state index in [2.05, 4.69) is 34.1 Å². The Morgan fingerprint density at radius 1 is 1.19 bits per heavy atom. The van der Waals surface area contributed by atoms with Crippen LogP contribution < -0.4 is 10.9 Å². The van der Waals surface area contributed by atoms with Crippen molar-refractivity contribution >= 4 is 23.4 Å². The fourth-order valence-corrected chi connectivity index (χ4v) is 4.26. The van der Waals surface area contributed by atoms with Crippen molar-refractivity contribution in [1.29, 1.82) is 0 Å². The topological polar surface area (TPSA) is 87.7 Å². The summed E-state index contributed by atoms with van der Waals surface area (Å²) >= 11 is 1.38. The Balaban J connectivity index is 1.98. The highest BCUT2D eigenvalue weighted by Gasteiger charge is 2.42. The van der Waals surface area contributed by atoms with E-state index in [4.69, 9.17) is 0 Å². The van der Waals surface area contributed by atoms with Crippen LogP contribution in [0.15, 0.2) is 45.7 Å². The molecule has 3 heterocycles. The lowest BCUT2D eigenvalue weighted by molar-refractivity contribution is -0.118. The number of carbonyl (C=O) groups is 1. The molecule has 26 heavy (non-hydrogen) atoms. The number of thioether (sulfide) groups is 1. The fourth-order valence-electron chi connectivity index (χ4n) is 3.88. The van der Waals surface area contributed by atoms with E-state index in [-0.39, 0.29) is 16.8 Å². The van der Waals surface area contributed by atoms with Gasteiger partial charge in [-0.3, -0.25) is 14.6 Å². The summed E-state index contributed by atoms with van der Waals surface area (Å²) < 4.78 is 0. The largest absolute Gasteiger partial charge is 0.343 e. The molecule has 2 aromatic heterocycles. The van der Waals surface area contributed by atoms with Gasteiger partial charge in [-0.25, -0.2) is 4.98 Å². The normalized spacial score (nSPS) is 21.0. The maximum atomic E-state index is 13.0. The third-order valence-corrected chi connectivity index (χ3v) is 5.51. The zero-order chi connectivity index (χ0) is 18.5. The Hall–Kier alpha value is -2.41. The molecular formula is C19H20N4O2S. The van der Waals surface area contributed by atoms with Crippen LogP contribution in [0, 0.1) is 5.41 Å². The van der Waals surface area contributed by atoms with E-state index in [9.17, 15) is 9.59 Å². The number of carbonyl (C=O) groups excluding carboxylic acids is 1. The van der Waals surface area contributed by atoms with E-state index in [0.29, 0.717) is 28.5 Å². The van der Waals surface area contributed by atoms with Gasteiger partial charge in [0.2, 0.25) is 0 Å². The third-order valence-electron chi connectivity index (χ3n) is 4.93. The second kappa shape index (κ2) is 6.09. The van der Waals surface area contributed by atoms with Gasteiger partial charge in [0.1, 0.15) is 5.82 Å². The number of fused-ring (bicyclic) bond motifs is 1. The van der Waals surface area contributed by atoms with Crippen molar-refractivity contribution < 1.29 is 4.79 Å². The van der Waals surface area contributed by atoms with Crippen molar-refractivity contribution in [3.05, 3.63) is 57.3 Å². The molecule has 1 atom stereocenters. The van der Waals surface area contributed by atoms with Crippen LogP contribution >= 0.6 is 11.8 Å². The van der Waals surface area contributed by atoms with Gasteiger partial charge in [0.25, 0.3) is 5.56 Å². The smallest absolute Gasteiger partial charge is 0.257 e. The van der Waals surface area contributed by atoms with E-state index in [0.717, 1.165) is 17.7 Å². The van der Waals surface area contributed by atoms with Crippen LogP contribution in [0.3, 0.4) is 0 Å². The van der Waals surface area contributed by atoms with Gasteiger partial charge in [0, 0.05) is 36.0 Å². The number of ketones is 1. The standard InChI is InChI=1S/C19H20N4O2S/c1-19(2)8-11-14(12(24)9-19)13(10-4-6-20-7-5-10)15-16(21-11)22-18(26-3)23-17(15)25/h4-7,13H,8-9H2,1-3H3,(H2,21,22,23,25)/t13-/m0/s1. The number of H-pyrrole nitrogens is 1. The summed E-state index contributed by atoms with van der Waals surface area (Å²) in [5.74, 6) is 0.216. The highest BCUT2D eigenvalue weighted by Crippen LogP contribution is 2.47. The first-order valence-corrected chi connectivity index (χ1v) is 9.73. The van der Waals surface area contributed by atoms with Gasteiger partial charge in [-0.2, -0.15) is 0 Å². The van der Waals surface area contributed by atoms with Crippen molar-refractivity contribution in [3.63, 3.8) is 0 Å². The van der Waals surface area contributed by atoms with E-state index < -0.39 is 5.92 Å². The van der Waals surface area contributed by atoms with Gasteiger partial charge in [-0.05, 0) is 35.8 Å². The SMILES string of the molecule is CSc1nc2c(c(=O)[nH]1)[C@@H](c1ccncc1)C1=C(CC(C)(C)CC1=O)N2. The van der Waals surface area contributed by atoms with Gasteiger partial charge in [-0.15, -0.1) is 0 Å². The lowest BCUT2D eigenvalue weighted by Crippen LogP contribution is -2.37. The second-order valence-corrected chi connectivity index (χ2v) is 8.30. The molecule has 7 heteroatoms. The Kier molecular flexibility index (Phi) is 3.99. The van der Waals surface area contributed by atoms with E-state index in [1.807, 2.05) is 18.4 Å². The van der Waals surface area contributed by atoms with Crippen molar-refractivity contribution in [1.82, 2.24) is 15.0 Å². The van der Waals surface area contributed by atoms with Crippen LogP contribution in [0.5, 0.6) is 0 Å². The van der Waals surface area contributed by atoms with Crippen molar-refractivity contribution in [2.24, 2.45) is 5.41 Å². The number of allylic oxidation sites excluding steroid dienone is 2. The third kappa shape index (κ3) is 2.76. The molecular weight excluding hydrogens is 348 g/mol. The molecule has 134 valence electrons. The molecule has 4 rings (SSSR count). The van der Waals surface area contributed by atoms with Crippen LogP contribution in [0.2, 0.25) is 0 Å². The van der Waals surface area contributed by atoms with Gasteiger partial charge in [0.15, 0.2) is 10.9 Å². The van der Waals surface area contributed by atoms with Crippen molar-refractivity contribution in [3.8, 4) is 0 Å². The lowest BCUT2D eigenvalue weighted by atomic mass is 9.69. The molecule has 2 aromatic rings. The molecule has 2 aliphatic rings. The summed E-state index contributed by atoms with van der Waals surface area (Å²) in [6.45, 7) is 4.18. The Morgan fingerprint density at radius 2 is 1.92 bits per heavy atom. The molecule has 0 bridgehead atoms. The fraction of sp³-hybridized carbons (Fsp3) is 0.368. The van der Waals surface area contributed by atoms with E-state index in [1.54, 1.807) is 12.4 Å². The molecule has 1 aliphatic carbocycles. The van der Waals surface area contributed by atoms with Gasteiger partial charge in [-0.1, -0.05) is 25.6 Å². The number of anilines is 1. The molecule has 0 saturated carbocycles. The highest BCUT2D eigenvalue weighted by atomic mass is 32.2. The highest BCUT2D eigenvalue weighted by molar-refractivity contribution is 7.98.